The molecule has 0 radical (unpaired) electrons. The van der Waals surface area contributed by atoms with E-state index in [1.807, 2.05) is 45.9 Å². The van der Waals surface area contributed by atoms with Gasteiger partial charge in [-0.2, -0.15) is 0 Å². The second-order valence-electron chi connectivity index (χ2n) is 5.82. The molecular formula is C16H21BrN2O2. The number of carbonyl (C=O) groups excluding carboxylic acids is 2. The minimum Gasteiger partial charge on any atom is -0.342 e. The largest absolute Gasteiger partial charge is 0.342 e. The Morgan fingerprint density at radius 3 is 2.52 bits per heavy atom. The molecule has 1 aromatic rings. The summed E-state index contributed by atoms with van der Waals surface area (Å²) in [7, 11) is 0. The Hall–Kier alpha value is -1.36. The van der Waals surface area contributed by atoms with E-state index in [9.17, 15) is 9.59 Å². The van der Waals surface area contributed by atoms with Crippen LogP contribution in [0.3, 0.4) is 0 Å². The van der Waals surface area contributed by atoms with Gasteiger partial charge in [0.25, 0.3) is 0 Å². The molecule has 2 atom stereocenters. The number of hydrogen-bond donors (Lipinski definition) is 1. The average molecular weight is 353 g/mol. The van der Waals surface area contributed by atoms with Crippen LogP contribution in [-0.2, 0) is 9.59 Å². The van der Waals surface area contributed by atoms with E-state index in [4.69, 9.17) is 0 Å². The maximum absolute atomic E-state index is 12.7. The third kappa shape index (κ3) is 2.98. The molecule has 0 aliphatic carbocycles. The predicted octanol–water partition coefficient (Wildman–Crippen LogP) is 3.02. The number of nitrogens with one attached hydrogen (secondary N) is 1. The Kier molecular flexibility index (Phi) is 4.71. The second-order valence-corrected chi connectivity index (χ2v) is 6.68. The topological polar surface area (TPSA) is 49.4 Å². The van der Waals surface area contributed by atoms with Gasteiger partial charge >= 0.3 is 0 Å². The Morgan fingerprint density at radius 1 is 1.33 bits per heavy atom. The molecule has 2 amide bonds. The minimum atomic E-state index is -0.473. The molecule has 0 bridgehead atoms. The van der Waals surface area contributed by atoms with Gasteiger partial charge in [0.2, 0.25) is 11.8 Å². The molecule has 1 aliphatic heterocycles. The van der Waals surface area contributed by atoms with Crippen LogP contribution < -0.4 is 10.2 Å². The molecule has 1 aromatic carbocycles. The second kappa shape index (κ2) is 6.18. The van der Waals surface area contributed by atoms with Crippen LogP contribution >= 0.6 is 15.9 Å². The van der Waals surface area contributed by atoms with Crippen LogP contribution in [0.25, 0.3) is 0 Å². The number of hydrogen-bond acceptors (Lipinski definition) is 2. The fourth-order valence-corrected chi connectivity index (χ4v) is 3.38. The summed E-state index contributed by atoms with van der Waals surface area (Å²) in [5.41, 5.74) is 1.87. The summed E-state index contributed by atoms with van der Waals surface area (Å²) in [5, 5.41) is 2.83. The first-order valence-corrected chi connectivity index (χ1v) is 8.05. The fraction of sp³-hybridized carbons (Fsp3) is 0.500. The van der Waals surface area contributed by atoms with E-state index in [1.165, 1.54) is 0 Å². The molecular weight excluding hydrogens is 332 g/mol. The third-order valence-corrected chi connectivity index (χ3v) is 4.44. The van der Waals surface area contributed by atoms with E-state index in [-0.39, 0.29) is 17.7 Å². The number of nitrogens with zero attached hydrogens (tertiary/aromatic N) is 1. The number of rotatable bonds is 3. The summed E-state index contributed by atoms with van der Waals surface area (Å²) in [6.45, 7) is 7.81. The first-order chi connectivity index (χ1) is 9.86. The molecule has 0 spiro atoms. The van der Waals surface area contributed by atoms with Crippen molar-refractivity contribution in [3.63, 3.8) is 0 Å². The maximum atomic E-state index is 12.7. The maximum Gasteiger partial charge on any atom is 0.250 e. The molecule has 4 nitrogen and oxygen atoms in total. The molecule has 1 aliphatic rings. The Labute approximate surface area is 134 Å². The van der Waals surface area contributed by atoms with Crippen molar-refractivity contribution in [2.24, 2.45) is 5.92 Å². The summed E-state index contributed by atoms with van der Waals surface area (Å²) in [5.74, 6) is -0.0794. The van der Waals surface area contributed by atoms with Gasteiger partial charge in [-0.25, -0.2) is 0 Å². The summed E-state index contributed by atoms with van der Waals surface area (Å²) >= 11 is 3.52. The lowest BCUT2D eigenvalue weighted by molar-refractivity contribution is -0.134. The Morgan fingerprint density at radius 2 is 2.00 bits per heavy atom. The zero-order valence-electron chi connectivity index (χ0n) is 12.8. The van der Waals surface area contributed by atoms with Gasteiger partial charge in [-0.05, 0) is 52.9 Å². The first kappa shape index (κ1) is 16.0. The molecule has 1 fully saturated rings. The van der Waals surface area contributed by atoms with Crippen LogP contribution in [0.15, 0.2) is 22.7 Å². The van der Waals surface area contributed by atoms with E-state index >= 15 is 0 Å². The van der Waals surface area contributed by atoms with E-state index in [2.05, 4.69) is 21.2 Å². The molecule has 2 unspecified atom stereocenters. The third-order valence-electron chi connectivity index (χ3n) is 3.80. The number of anilines is 1. The summed E-state index contributed by atoms with van der Waals surface area (Å²) in [6.07, 6.45) is 0.593. The van der Waals surface area contributed by atoms with Crippen molar-refractivity contribution >= 4 is 33.4 Å². The summed E-state index contributed by atoms with van der Waals surface area (Å²) in [4.78, 5) is 26.8. The van der Waals surface area contributed by atoms with Crippen LogP contribution in [0, 0.1) is 12.8 Å². The molecule has 114 valence electrons. The predicted molar refractivity (Wildman–Crippen MR) is 87.2 cm³/mol. The minimum absolute atomic E-state index is 0.0413. The standard InChI is InChI=1S/C16H21BrN2O2/c1-5-12-16(21)19(14(9(2)3)15(20)18-12)13-7-6-10(4)8-11(13)17/h6-9,12,14H,5H2,1-4H3,(H,18,20). The van der Waals surface area contributed by atoms with Gasteiger partial charge in [-0.3, -0.25) is 14.5 Å². The van der Waals surface area contributed by atoms with Gasteiger partial charge in [0.1, 0.15) is 12.1 Å². The van der Waals surface area contributed by atoms with Gasteiger partial charge in [-0.15, -0.1) is 0 Å². The van der Waals surface area contributed by atoms with Gasteiger partial charge in [0, 0.05) is 4.47 Å². The van der Waals surface area contributed by atoms with E-state index in [0.717, 1.165) is 15.7 Å². The molecule has 2 rings (SSSR count). The lowest BCUT2D eigenvalue weighted by Crippen LogP contribution is -2.65. The summed E-state index contributed by atoms with van der Waals surface area (Å²) in [6, 6.07) is 4.91. The van der Waals surface area contributed by atoms with Gasteiger partial charge in [0.15, 0.2) is 0 Å². The Balaban J connectivity index is 2.52. The first-order valence-electron chi connectivity index (χ1n) is 7.26. The quantitative estimate of drug-likeness (QED) is 0.908. The number of carbonyl (C=O) groups is 2. The van der Waals surface area contributed by atoms with Crippen LogP contribution in [0.4, 0.5) is 5.69 Å². The molecule has 5 heteroatoms. The van der Waals surface area contributed by atoms with Crippen molar-refractivity contribution in [2.45, 2.75) is 46.2 Å². The molecule has 0 saturated carbocycles. The van der Waals surface area contributed by atoms with Gasteiger partial charge in [-0.1, -0.05) is 26.8 Å². The van der Waals surface area contributed by atoms with Gasteiger partial charge < -0.3 is 5.32 Å². The zero-order valence-corrected chi connectivity index (χ0v) is 14.4. The highest BCUT2D eigenvalue weighted by Gasteiger charge is 2.42. The monoisotopic (exact) mass is 352 g/mol. The van der Waals surface area contributed by atoms with Crippen molar-refractivity contribution in [3.8, 4) is 0 Å². The lowest BCUT2D eigenvalue weighted by atomic mass is 9.95. The smallest absolute Gasteiger partial charge is 0.250 e. The highest BCUT2D eigenvalue weighted by atomic mass is 79.9. The van der Waals surface area contributed by atoms with Crippen molar-refractivity contribution in [1.82, 2.24) is 5.32 Å². The number of piperazine rings is 1. The van der Waals surface area contributed by atoms with Crippen LogP contribution in [0.5, 0.6) is 0 Å². The number of halogens is 1. The number of benzene rings is 1. The number of amides is 2. The zero-order chi connectivity index (χ0) is 15.7. The van der Waals surface area contributed by atoms with E-state index in [1.54, 1.807) is 4.90 Å². The fourth-order valence-electron chi connectivity index (χ4n) is 2.69. The number of aryl methyl sites for hydroxylation is 1. The highest BCUT2D eigenvalue weighted by Crippen LogP contribution is 2.32. The van der Waals surface area contributed by atoms with E-state index < -0.39 is 12.1 Å². The molecule has 0 aromatic heterocycles. The van der Waals surface area contributed by atoms with Crippen molar-refractivity contribution < 1.29 is 9.59 Å². The summed E-state index contributed by atoms with van der Waals surface area (Å²) < 4.78 is 0.839. The van der Waals surface area contributed by atoms with Crippen molar-refractivity contribution in [3.05, 3.63) is 28.2 Å². The average Bonchev–Trinajstić information content (AvgIpc) is 2.40. The Bertz CT molecular complexity index is 571. The van der Waals surface area contributed by atoms with Crippen molar-refractivity contribution in [1.29, 1.82) is 0 Å². The molecule has 1 saturated heterocycles. The lowest BCUT2D eigenvalue weighted by Gasteiger charge is -2.41. The SMILES string of the molecule is CCC1NC(=O)C(C(C)C)N(c2ccc(C)cc2Br)C1=O. The van der Waals surface area contributed by atoms with Gasteiger partial charge in [0.05, 0.1) is 5.69 Å². The van der Waals surface area contributed by atoms with Crippen LogP contribution in [-0.4, -0.2) is 23.9 Å². The van der Waals surface area contributed by atoms with Crippen LogP contribution in [0.1, 0.15) is 32.8 Å². The molecule has 1 N–H and O–H groups in total. The van der Waals surface area contributed by atoms with E-state index in [0.29, 0.717) is 6.42 Å². The van der Waals surface area contributed by atoms with Crippen molar-refractivity contribution in [2.75, 3.05) is 4.90 Å². The molecule has 1 heterocycles. The highest BCUT2D eigenvalue weighted by molar-refractivity contribution is 9.10. The van der Waals surface area contributed by atoms with Crippen LogP contribution in [0.2, 0.25) is 0 Å². The molecule has 21 heavy (non-hydrogen) atoms. The normalized spacial score (nSPS) is 22.7.